The molecule has 0 radical (unpaired) electrons. The number of pyridine rings is 2. The van der Waals surface area contributed by atoms with E-state index in [-0.39, 0.29) is 5.91 Å². The molecule has 0 spiro atoms. The van der Waals surface area contributed by atoms with Gasteiger partial charge in [-0.25, -0.2) is 0 Å². The molecule has 7 nitrogen and oxygen atoms in total. The second kappa shape index (κ2) is 7.27. The van der Waals surface area contributed by atoms with Gasteiger partial charge in [0.15, 0.2) is 0 Å². The highest BCUT2D eigenvalue weighted by Gasteiger charge is 2.24. The minimum absolute atomic E-state index is 0.294. The fourth-order valence-electron chi connectivity index (χ4n) is 3.15. The van der Waals surface area contributed by atoms with Crippen LogP contribution in [-0.4, -0.2) is 26.1 Å². The number of aromatic nitrogens is 4. The number of hydrogen-bond acceptors (Lipinski definition) is 6. The maximum absolute atomic E-state index is 12.7. The molecular formula is C22H17N5O2. The normalized spacial score (nSPS) is 13.2. The van der Waals surface area contributed by atoms with Crippen molar-refractivity contribution in [2.24, 2.45) is 0 Å². The summed E-state index contributed by atoms with van der Waals surface area (Å²) in [6.07, 6.45) is 7.20. The van der Waals surface area contributed by atoms with Crippen molar-refractivity contribution in [1.82, 2.24) is 20.2 Å². The molecule has 7 heteroatoms. The summed E-state index contributed by atoms with van der Waals surface area (Å²) in [6.45, 7) is 0. The van der Waals surface area contributed by atoms with E-state index in [1.54, 1.807) is 24.4 Å². The van der Waals surface area contributed by atoms with Gasteiger partial charge in [-0.05, 0) is 54.8 Å². The van der Waals surface area contributed by atoms with Crippen LogP contribution < -0.4 is 5.32 Å². The lowest BCUT2D eigenvalue weighted by molar-refractivity contribution is 0.102. The summed E-state index contributed by atoms with van der Waals surface area (Å²) in [5.74, 6) is 0.714. The Morgan fingerprint density at radius 2 is 1.93 bits per heavy atom. The Labute approximate surface area is 166 Å². The molecule has 4 aromatic rings. The minimum Gasteiger partial charge on any atom is -0.423 e. The Hall–Kier alpha value is -3.87. The third-order valence-electron chi connectivity index (χ3n) is 4.84. The Balaban J connectivity index is 1.35. The van der Waals surface area contributed by atoms with Crippen LogP contribution in [0.15, 0.2) is 71.7 Å². The number of nitrogens with zero attached hydrogens (tertiary/aromatic N) is 4. The average molecular weight is 383 g/mol. The Morgan fingerprint density at radius 1 is 1.00 bits per heavy atom. The van der Waals surface area contributed by atoms with Gasteiger partial charge in [0, 0.05) is 40.8 Å². The highest BCUT2D eigenvalue weighted by molar-refractivity contribution is 6.03. The summed E-state index contributed by atoms with van der Waals surface area (Å²) in [7, 11) is 0. The number of nitrogens with one attached hydrogen (secondary N) is 1. The van der Waals surface area contributed by atoms with Crippen LogP contribution in [0.4, 0.5) is 5.69 Å². The van der Waals surface area contributed by atoms with Crippen molar-refractivity contribution in [2.45, 2.75) is 18.8 Å². The zero-order chi connectivity index (χ0) is 19.6. The maximum atomic E-state index is 12.7. The smallest absolute Gasteiger partial charge is 0.274 e. The summed E-state index contributed by atoms with van der Waals surface area (Å²) >= 11 is 0. The van der Waals surface area contributed by atoms with Crippen molar-refractivity contribution >= 4 is 11.6 Å². The van der Waals surface area contributed by atoms with Crippen molar-refractivity contribution in [3.05, 3.63) is 78.7 Å². The molecule has 29 heavy (non-hydrogen) atoms. The fraction of sp³-hybridized carbons (Fsp3) is 0.136. The highest BCUT2D eigenvalue weighted by atomic mass is 16.4. The first kappa shape index (κ1) is 17.2. The number of rotatable bonds is 5. The van der Waals surface area contributed by atoms with E-state index in [4.69, 9.17) is 4.42 Å². The topological polar surface area (TPSA) is 93.8 Å². The van der Waals surface area contributed by atoms with Gasteiger partial charge >= 0.3 is 0 Å². The number of anilines is 1. The van der Waals surface area contributed by atoms with Gasteiger partial charge < -0.3 is 9.73 Å². The lowest BCUT2D eigenvalue weighted by Gasteiger charge is -2.08. The predicted octanol–water partition coefficient (Wildman–Crippen LogP) is 4.32. The maximum Gasteiger partial charge on any atom is 0.274 e. The van der Waals surface area contributed by atoms with Crippen LogP contribution in [-0.2, 0) is 0 Å². The Morgan fingerprint density at radius 3 is 2.69 bits per heavy atom. The molecule has 1 aromatic carbocycles. The first-order valence-electron chi connectivity index (χ1n) is 9.36. The number of amides is 1. The van der Waals surface area contributed by atoms with E-state index in [0.29, 0.717) is 23.2 Å². The summed E-state index contributed by atoms with van der Waals surface area (Å²) < 4.78 is 5.20. The van der Waals surface area contributed by atoms with Gasteiger partial charge in [-0.2, -0.15) is 0 Å². The number of benzene rings is 1. The third-order valence-corrected chi connectivity index (χ3v) is 4.84. The molecule has 0 saturated heterocycles. The number of carbonyl (C=O) groups is 1. The molecule has 3 aromatic heterocycles. The largest absolute Gasteiger partial charge is 0.423 e. The van der Waals surface area contributed by atoms with Crippen molar-refractivity contribution < 1.29 is 9.21 Å². The third kappa shape index (κ3) is 3.75. The van der Waals surface area contributed by atoms with E-state index in [1.165, 1.54) is 19.2 Å². The fourth-order valence-corrected chi connectivity index (χ4v) is 3.15. The van der Waals surface area contributed by atoms with Gasteiger partial charge in [0.1, 0.15) is 5.69 Å². The molecule has 1 aliphatic carbocycles. The number of carbonyl (C=O) groups excluding carboxylic acids is 1. The molecule has 1 fully saturated rings. The van der Waals surface area contributed by atoms with Crippen molar-refractivity contribution in [2.75, 3.05) is 5.32 Å². The van der Waals surface area contributed by atoms with Gasteiger partial charge in [0.2, 0.25) is 12.3 Å². The molecule has 1 amide bonds. The van der Waals surface area contributed by atoms with E-state index >= 15 is 0 Å². The van der Waals surface area contributed by atoms with Crippen LogP contribution in [0, 0.1) is 0 Å². The van der Waals surface area contributed by atoms with Crippen molar-refractivity contribution in [1.29, 1.82) is 0 Å². The molecule has 5 rings (SSSR count). The molecule has 0 atom stereocenters. The molecule has 0 unspecified atom stereocenters. The standard InChI is InChI=1S/C22H17N5O2/c28-21(26-18-3-1-2-16(10-18)22-27-25-13-29-22)20-11-15(8-9-23-20)17-6-7-19(24-12-17)14-4-5-14/h1-3,6-14H,4-5H2,(H,26,28). The average Bonchev–Trinajstić information content (AvgIpc) is 3.48. The van der Waals surface area contributed by atoms with Gasteiger partial charge in [-0.15, -0.1) is 10.2 Å². The first-order valence-corrected chi connectivity index (χ1v) is 9.36. The van der Waals surface area contributed by atoms with Crippen LogP contribution >= 0.6 is 0 Å². The minimum atomic E-state index is -0.294. The number of hydrogen-bond donors (Lipinski definition) is 1. The Bertz CT molecular complexity index is 1150. The first-order chi connectivity index (χ1) is 14.3. The monoisotopic (exact) mass is 383 g/mol. The van der Waals surface area contributed by atoms with Gasteiger partial charge in [0.05, 0.1) is 0 Å². The van der Waals surface area contributed by atoms with Crippen LogP contribution in [0.5, 0.6) is 0 Å². The van der Waals surface area contributed by atoms with Crippen molar-refractivity contribution in [3.63, 3.8) is 0 Å². The second-order valence-corrected chi connectivity index (χ2v) is 6.95. The van der Waals surface area contributed by atoms with E-state index < -0.39 is 0 Å². The van der Waals surface area contributed by atoms with Crippen LogP contribution in [0.1, 0.15) is 34.9 Å². The summed E-state index contributed by atoms with van der Waals surface area (Å²) in [5, 5.41) is 10.4. The van der Waals surface area contributed by atoms with Crippen LogP contribution in [0.3, 0.4) is 0 Å². The molecule has 1 aliphatic rings. The lowest BCUT2D eigenvalue weighted by Crippen LogP contribution is -2.13. The highest BCUT2D eigenvalue weighted by Crippen LogP contribution is 2.39. The van der Waals surface area contributed by atoms with Gasteiger partial charge in [0.25, 0.3) is 5.91 Å². The SMILES string of the molecule is O=C(Nc1cccc(-c2nnco2)c1)c1cc(-c2ccc(C3CC3)nc2)ccn1. The molecule has 1 saturated carbocycles. The predicted molar refractivity (Wildman–Crippen MR) is 107 cm³/mol. The zero-order valence-electron chi connectivity index (χ0n) is 15.4. The van der Waals surface area contributed by atoms with Gasteiger partial charge in [-0.3, -0.25) is 14.8 Å². The van der Waals surface area contributed by atoms with E-state index in [1.807, 2.05) is 30.5 Å². The molecule has 0 aliphatic heterocycles. The molecule has 142 valence electrons. The van der Waals surface area contributed by atoms with Crippen molar-refractivity contribution in [3.8, 4) is 22.6 Å². The van der Waals surface area contributed by atoms with E-state index in [9.17, 15) is 4.79 Å². The summed E-state index contributed by atoms with van der Waals surface area (Å²) in [4.78, 5) is 21.5. The lowest BCUT2D eigenvalue weighted by atomic mass is 10.1. The molecular weight excluding hydrogens is 366 g/mol. The molecule has 1 N–H and O–H groups in total. The van der Waals surface area contributed by atoms with E-state index in [0.717, 1.165) is 22.4 Å². The zero-order valence-corrected chi connectivity index (χ0v) is 15.4. The molecule has 0 bridgehead atoms. The summed E-state index contributed by atoms with van der Waals surface area (Å²) in [6, 6.07) is 15.0. The van der Waals surface area contributed by atoms with E-state index in [2.05, 4.69) is 31.5 Å². The van der Waals surface area contributed by atoms with Gasteiger partial charge in [-0.1, -0.05) is 12.1 Å². The summed E-state index contributed by atoms with van der Waals surface area (Å²) in [5.41, 5.74) is 4.68. The quantitative estimate of drug-likeness (QED) is 0.551. The van der Waals surface area contributed by atoms with Crippen LogP contribution in [0.2, 0.25) is 0 Å². The molecule has 3 heterocycles. The Kier molecular flexibility index (Phi) is 4.32. The second-order valence-electron chi connectivity index (χ2n) is 6.95. The van der Waals surface area contributed by atoms with Crippen LogP contribution in [0.25, 0.3) is 22.6 Å².